The second-order valence-corrected chi connectivity index (χ2v) is 4.17. The van der Waals surface area contributed by atoms with E-state index in [1.807, 2.05) is 0 Å². The minimum atomic E-state index is 0.610. The molecule has 1 aromatic carbocycles. The van der Waals surface area contributed by atoms with Crippen LogP contribution < -0.4 is 4.90 Å². The molecule has 100 valence electrons. The topological polar surface area (TPSA) is 55.3 Å². The van der Waals surface area contributed by atoms with E-state index >= 15 is 0 Å². The number of rotatable bonds is 6. The van der Waals surface area contributed by atoms with E-state index in [1.165, 1.54) is 0 Å². The molecule has 5 nitrogen and oxygen atoms in total. The van der Waals surface area contributed by atoms with Gasteiger partial charge >= 0.3 is 0 Å². The summed E-state index contributed by atoms with van der Waals surface area (Å²) < 4.78 is 5.08. The van der Waals surface area contributed by atoms with Gasteiger partial charge in [0.1, 0.15) is 12.1 Å². The summed E-state index contributed by atoms with van der Waals surface area (Å²) in [5, 5.41) is 0. The zero-order valence-electron chi connectivity index (χ0n) is 11.2. The van der Waals surface area contributed by atoms with Gasteiger partial charge in [0.2, 0.25) is 0 Å². The van der Waals surface area contributed by atoms with E-state index in [9.17, 15) is 4.79 Å². The van der Waals surface area contributed by atoms with E-state index < -0.39 is 0 Å². The molecular weight excluding hydrogens is 242 g/mol. The van der Waals surface area contributed by atoms with Crippen LogP contribution in [-0.2, 0) is 4.74 Å². The number of nitrogens with zero attached hydrogens (tertiary/aromatic N) is 3. The first-order chi connectivity index (χ1) is 9.28. The Balaban J connectivity index is 2.35. The first-order valence-electron chi connectivity index (χ1n) is 6.24. The number of methoxy groups -OCH3 is 1. The lowest BCUT2D eigenvalue weighted by molar-refractivity contribution is 0.112. The lowest BCUT2D eigenvalue weighted by Crippen LogP contribution is -2.27. The second-order valence-electron chi connectivity index (χ2n) is 4.17. The quantitative estimate of drug-likeness (QED) is 0.742. The van der Waals surface area contributed by atoms with Gasteiger partial charge in [-0.05, 0) is 25.1 Å². The fourth-order valence-electron chi connectivity index (χ4n) is 1.88. The highest BCUT2D eigenvalue weighted by Crippen LogP contribution is 2.16. The summed E-state index contributed by atoms with van der Waals surface area (Å²) in [4.78, 5) is 21.8. The number of carbonyl (C=O) groups is 1. The molecular formula is C14H17N3O2. The smallest absolute Gasteiger partial charge is 0.150 e. The van der Waals surface area contributed by atoms with Crippen molar-refractivity contribution in [1.29, 1.82) is 0 Å². The van der Waals surface area contributed by atoms with Gasteiger partial charge in [-0.3, -0.25) is 9.78 Å². The van der Waals surface area contributed by atoms with Crippen molar-refractivity contribution in [1.82, 2.24) is 9.97 Å². The van der Waals surface area contributed by atoms with Crippen LogP contribution in [0, 0.1) is 0 Å². The largest absolute Gasteiger partial charge is 0.383 e. The molecule has 0 fully saturated rings. The van der Waals surface area contributed by atoms with Crippen LogP contribution in [0.4, 0.5) is 5.82 Å². The summed E-state index contributed by atoms with van der Waals surface area (Å²) in [6.45, 7) is 4.29. The molecule has 0 spiro atoms. The molecule has 19 heavy (non-hydrogen) atoms. The molecule has 0 aliphatic carbocycles. The van der Waals surface area contributed by atoms with Crippen LogP contribution in [0.2, 0.25) is 0 Å². The normalized spacial score (nSPS) is 10.6. The Bertz CT molecular complexity index is 572. The molecule has 0 aliphatic rings. The number of fused-ring (bicyclic) bond motifs is 1. The summed E-state index contributed by atoms with van der Waals surface area (Å²) in [7, 11) is 1.68. The number of benzene rings is 1. The first-order valence-corrected chi connectivity index (χ1v) is 6.24. The molecule has 2 rings (SSSR count). The molecule has 0 unspecified atom stereocenters. The number of aldehydes is 1. The predicted octanol–water partition coefficient (Wildman–Crippen LogP) is 1.92. The van der Waals surface area contributed by atoms with E-state index in [1.54, 1.807) is 31.5 Å². The van der Waals surface area contributed by atoms with E-state index in [2.05, 4.69) is 21.8 Å². The number of likely N-dealkylation sites (N-methyl/N-ethyl adjacent to an activating group) is 1. The number of hydrogen-bond acceptors (Lipinski definition) is 5. The molecule has 5 heteroatoms. The van der Waals surface area contributed by atoms with Gasteiger partial charge in [-0.15, -0.1) is 0 Å². The van der Waals surface area contributed by atoms with Crippen molar-refractivity contribution in [3.05, 3.63) is 30.0 Å². The van der Waals surface area contributed by atoms with Crippen molar-refractivity contribution in [2.24, 2.45) is 0 Å². The third kappa shape index (κ3) is 3.06. The average molecular weight is 259 g/mol. The SMILES string of the molecule is CCN(CCOC)c1cnc2ccc(C=O)cc2n1. The number of aromatic nitrogens is 2. The van der Waals surface area contributed by atoms with Crippen LogP contribution in [-0.4, -0.2) is 43.1 Å². The maximum Gasteiger partial charge on any atom is 0.150 e. The Morgan fingerprint density at radius 3 is 2.89 bits per heavy atom. The lowest BCUT2D eigenvalue weighted by atomic mass is 10.2. The first kappa shape index (κ1) is 13.4. The molecule has 0 amide bonds. The zero-order chi connectivity index (χ0) is 13.7. The van der Waals surface area contributed by atoms with Gasteiger partial charge in [0.05, 0.1) is 23.8 Å². The van der Waals surface area contributed by atoms with Gasteiger partial charge in [0.25, 0.3) is 0 Å². The number of hydrogen-bond donors (Lipinski definition) is 0. The average Bonchev–Trinajstić information content (AvgIpc) is 2.47. The van der Waals surface area contributed by atoms with Crippen molar-refractivity contribution in [2.75, 3.05) is 31.7 Å². The minimum absolute atomic E-state index is 0.610. The predicted molar refractivity (Wildman–Crippen MR) is 74.7 cm³/mol. The van der Waals surface area contributed by atoms with Gasteiger partial charge in [0.15, 0.2) is 0 Å². The Morgan fingerprint density at radius 2 is 2.21 bits per heavy atom. The summed E-state index contributed by atoms with van der Waals surface area (Å²) in [6.07, 6.45) is 2.57. The maximum atomic E-state index is 10.8. The van der Waals surface area contributed by atoms with E-state index in [0.29, 0.717) is 12.2 Å². The standard InChI is InChI=1S/C14H17N3O2/c1-3-17(6-7-19-2)14-9-15-12-5-4-11(10-18)8-13(12)16-14/h4-5,8-10H,3,6-7H2,1-2H3. The van der Waals surface area contributed by atoms with Gasteiger partial charge in [-0.2, -0.15) is 0 Å². The molecule has 0 bridgehead atoms. The fraction of sp³-hybridized carbons (Fsp3) is 0.357. The lowest BCUT2D eigenvalue weighted by Gasteiger charge is -2.21. The van der Waals surface area contributed by atoms with Crippen molar-refractivity contribution < 1.29 is 9.53 Å². The number of ether oxygens (including phenoxy) is 1. The summed E-state index contributed by atoms with van der Waals surface area (Å²) in [6, 6.07) is 5.30. The third-order valence-electron chi connectivity index (χ3n) is 2.96. The monoisotopic (exact) mass is 259 g/mol. The Morgan fingerprint density at radius 1 is 1.37 bits per heavy atom. The molecule has 0 saturated heterocycles. The summed E-state index contributed by atoms with van der Waals surface area (Å²) >= 11 is 0. The highest BCUT2D eigenvalue weighted by Gasteiger charge is 2.07. The van der Waals surface area contributed by atoms with E-state index in [0.717, 1.165) is 36.2 Å². The van der Waals surface area contributed by atoms with Crippen LogP contribution in [0.25, 0.3) is 11.0 Å². The molecule has 0 radical (unpaired) electrons. The summed E-state index contributed by atoms with van der Waals surface area (Å²) in [5.74, 6) is 0.801. The number of anilines is 1. The van der Waals surface area contributed by atoms with E-state index in [-0.39, 0.29) is 0 Å². The van der Waals surface area contributed by atoms with Crippen molar-refractivity contribution >= 4 is 23.1 Å². The van der Waals surface area contributed by atoms with Gasteiger partial charge in [-0.25, -0.2) is 4.98 Å². The van der Waals surface area contributed by atoms with Crippen molar-refractivity contribution in [3.8, 4) is 0 Å². The number of carbonyl (C=O) groups excluding carboxylic acids is 1. The van der Waals surface area contributed by atoms with Crippen LogP contribution in [0.5, 0.6) is 0 Å². The van der Waals surface area contributed by atoms with Gasteiger partial charge in [0, 0.05) is 25.8 Å². The molecule has 1 heterocycles. The van der Waals surface area contributed by atoms with E-state index in [4.69, 9.17) is 4.74 Å². The van der Waals surface area contributed by atoms with Gasteiger partial charge < -0.3 is 9.64 Å². The highest BCUT2D eigenvalue weighted by molar-refractivity contribution is 5.84. The molecule has 2 aromatic rings. The van der Waals surface area contributed by atoms with Gasteiger partial charge in [-0.1, -0.05) is 0 Å². The van der Waals surface area contributed by atoms with Crippen LogP contribution >= 0.6 is 0 Å². The second kappa shape index (κ2) is 6.24. The maximum absolute atomic E-state index is 10.8. The Kier molecular flexibility index (Phi) is 4.41. The molecule has 0 N–H and O–H groups in total. The Hall–Kier alpha value is -2.01. The van der Waals surface area contributed by atoms with Crippen LogP contribution in [0.1, 0.15) is 17.3 Å². The van der Waals surface area contributed by atoms with Crippen LogP contribution in [0.3, 0.4) is 0 Å². The third-order valence-corrected chi connectivity index (χ3v) is 2.96. The molecule has 0 saturated carbocycles. The molecule has 1 aromatic heterocycles. The van der Waals surface area contributed by atoms with Crippen molar-refractivity contribution in [2.45, 2.75) is 6.92 Å². The Labute approximate surface area is 112 Å². The molecule has 0 atom stereocenters. The minimum Gasteiger partial charge on any atom is -0.383 e. The fourth-order valence-corrected chi connectivity index (χ4v) is 1.88. The highest BCUT2D eigenvalue weighted by atomic mass is 16.5. The molecule has 0 aliphatic heterocycles. The van der Waals surface area contributed by atoms with Crippen molar-refractivity contribution in [3.63, 3.8) is 0 Å². The zero-order valence-corrected chi connectivity index (χ0v) is 11.2. The summed E-state index contributed by atoms with van der Waals surface area (Å²) in [5.41, 5.74) is 2.13. The van der Waals surface area contributed by atoms with Crippen LogP contribution in [0.15, 0.2) is 24.4 Å².